The molecule has 0 spiro atoms. The van der Waals surface area contributed by atoms with Crippen molar-refractivity contribution < 1.29 is 18.0 Å². The van der Waals surface area contributed by atoms with E-state index in [1.807, 2.05) is 0 Å². The van der Waals surface area contributed by atoms with Crippen molar-refractivity contribution in [2.45, 2.75) is 6.92 Å². The molecule has 0 aromatic heterocycles. The minimum Gasteiger partial charge on any atom is -0.319 e. The molecule has 2 rings (SSSR count). The lowest BCUT2D eigenvalue weighted by Gasteiger charge is -2.09. The van der Waals surface area contributed by atoms with Crippen molar-refractivity contribution >= 4 is 27.5 Å². The van der Waals surface area contributed by atoms with Gasteiger partial charge in [0.25, 0.3) is 5.91 Å². The Hall–Kier alpha value is -1.82. The molecular weight excluding hydrogens is 335 g/mol. The second-order valence-corrected chi connectivity index (χ2v) is 5.01. The molecule has 20 heavy (non-hydrogen) atoms. The van der Waals surface area contributed by atoms with Gasteiger partial charge in [-0.2, -0.15) is 0 Å². The molecule has 0 aliphatic heterocycles. The molecule has 0 saturated carbocycles. The van der Waals surface area contributed by atoms with Crippen LogP contribution in [0.2, 0.25) is 0 Å². The number of nitrogens with one attached hydrogen (secondary N) is 1. The van der Waals surface area contributed by atoms with E-state index in [0.29, 0.717) is 4.47 Å². The molecular formula is C14H9BrF3NO. The zero-order valence-corrected chi connectivity index (χ0v) is 11.9. The third-order valence-corrected chi connectivity index (χ3v) is 3.34. The van der Waals surface area contributed by atoms with E-state index in [0.717, 1.165) is 17.7 Å². The predicted molar refractivity (Wildman–Crippen MR) is 73.1 cm³/mol. The molecule has 0 atom stereocenters. The fraction of sp³-hybridized carbons (Fsp3) is 0.0714. The molecule has 1 amide bonds. The third-order valence-electron chi connectivity index (χ3n) is 2.65. The maximum absolute atomic E-state index is 13.5. The maximum Gasteiger partial charge on any atom is 0.256 e. The molecule has 0 bridgehead atoms. The highest BCUT2D eigenvalue weighted by Gasteiger charge is 2.17. The summed E-state index contributed by atoms with van der Waals surface area (Å²) in [7, 11) is 0. The van der Waals surface area contributed by atoms with Crippen molar-refractivity contribution in [3.63, 3.8) is 0 Å². The topological polar surface area (TPSA) is 29.1 Å². The number of rotatable bonds is 2. The van der Waals surface area contributed by atoms with E-state index >= 15 is 0 Å². The molecule has 0 heterocycles. The molecule has 0 aliphatic carbocycles. The van der Waals surface area contributed by atoms with E-state index in [4.69, 9.17) is 0 Å². The first kappa shape index (κ1) is 14.6. The largest absolute Gasteiger partial charge is 0.319 e. The highest BCUT2D eigenvalue weighted by Crippen LogP contribution is 2.23. The van der Waals surface area contributed by atoms with Gasteiger partial charge in [0, 0.05) is 4.47 Å². The van der Waals surface area contributed by atoms with Crippen molar-refractivity contribution in [1.29, 1.82) is 0 Å². The molecule has 0 saturated heterocycles. The van der Waals surface area contributed by atoms with Gasteiger partial charge in [-0.15, -0.1) is 0 Å². The van der Waals surface area contributed by atoms with Gasteiger partial charge in [-0.05, 0) is 47.1 Å². The zero-order chi connectivity index (χ0) is 14.9. The molecule has 1 N–H and O–H groups in total. The Morgan fingerprint density at radius 3 is 2.50 bits per heavy atom. The summed E-state index contributed by atoms with van der Waals surface area (Å²) in [5.41, 5.74) is 0.695. The number of benzene rings is 2. The summed E-state index contributed by atoms with van der Waals surface area (Å²) in [6.07, 6.45) is 0. The Morgan fingerprint density at radius 2 is 1.80 bits per heavy atom. The van der Waals surface area contributed by atoms with E-state index < -0.39 is 29.0 Å². The second kappa shape index (κ2) is 5.66. The fourth-order valence-electron chi connectivity index (χ4n) is 1.63. The van der Waals surface area contributed by atoms with Crippen LogP contribution in [0.4, 0.5) is 18.9 Å². The Balaban J connectivity index is 2.33. The van der Waals surface area contributed by atoms with Gasteiger partial charge < -0.3 is 5.32 Å². The third kappa shape index (κ3) is 2.85. The van der Waals surface area contributed by atoms with E-state index in [1.54, 1.807) is 25.1 Å². The van der Waals surface area contributed by atoms with Crippen LogP contribution in [0.15, 0.2) is 34.8 Å². The fourth-order valence-corrected chi connectivity index (χ4v) is 2.05. The van der Waals surface area contributed by atoms with Crippen molar-refractivity contribution in [3.8, 4) is 0 Å². The average molecular weight is 344 g/mol. The number of halogens is 4. The summed E-state index contributed by atoms with van der Waals surface area (Å²) < 4.78 is 39.9. The summed E-state index contributed by atoms with van der Waals surface area (Å²) in [6.45, 7) is 1.79. The van der Waals surface area contributed by atoms with Crippen LogP contribution < -0.4 is 5.32 Å². The van der Waals surface area contributed by atoms with Gasteiger partial charge in [-0.25, -0.2) is 13.2 Å². The molecule has 6 heteroatoms. The Morgan fingerprint density at radius 1 is 1.10 bits per heavy atom. The van der Waals surface area contributed by atoms with E-state index in [9.17, 15) is 18.0 Å². The van der Waals surface area contributed by atoms with Crippen molar-refractivity contribution in [2.24, 2.45) is 0 Å². The Kier molecular flexibility index (Phi) is 4.13. The van der Waals surface area contributed by atoms with Crippen LogP contribution in [-0.2, 0) is 0 Å². The SMILES string of the molecule is Cc1ccc(Br)c(C(=O)Nc2ccc(F)c(F)c2F)c1. The molecule has 0 fully saturated rings. The van der Waals surface area contributed by atoms with E-state index in [2.05, 4.69) is 21.2 Å². The highest BCUT2D eigenvalue weighted by molar-refractivity contribution is 9.10. The summed E-state index contributed by atoms with van der Waals surface area (Å²) in [6, 6.07) is 6.77. The molecule has 2 aromatic carbocycles. The van der Waals surface area contributed by atoms with Gasteiger partial charge in [-0.1, -0.05) is 11.6 Å². The number of hydrogen-bond acceptors (Lipinski definition) is 1. The Labute approximate surface area is 121 Å². The van der Waals surface area contributed by atoms with Crippen LogP contribution in [-0.4, -0.2) is 5.91 Å². The van der Waals surface area contributed by atoms with Crippen LogP contribution in [0, 0.1) is 24.4 Å². The molecule has 0 radical (unpaired) electrons. The van der Waals surface area contributed by atoms with Gasteiger partial charge in [0.1, 0.15) is 0 Å². The maximum atomic E-state index is 13.5. The first-order valence-corrected chi connectivity index (χ1v) is 6.40. The first-order chi connectivity index (χ1) is 9.40. The molecule has 0 unspecified atom stereocenters. The van der Waals surface area contributed by atoms with Gasteiger partial charge in [0.15, 0.2) is 17.5 Å². The Bertz CT molecular complexity index is 688. The minimum absolute atomic E-state index is 0.272. The van der Waals surface area contributed by atoms with Crippen LogP contribution >= 0.6 is 15.9 Å². The van der Waals surface area contributed by atoms with Crippen molar-refractivity contribution in [1.82, 2.24) is 0 Å². The van der Waals surface area contributed by atoms with E-state index in [1.165, 1.54) is 0 Å². The second-order valence-electron chi connectivity index (χ2n) is 4.16. The number of carbonyl (C=O) groups is 1. The summed E-state index contributed by atoms with van der Waals surface area (Å²) in [4.78, 5) is 12.0. The number of carbonyl (C=O) groups excluding carboxylic acids is 1. The molecule has 0 aliphatic rings. The lowest BCUT2D eigenvalue weighted by Crippen LogP contribution is -2.14. The normalized spacial score (nSPS) is 10.4. The van der Waals surface area contributed by atoms with Gasteiger partial charge in [0.2, 0.25) is 0 Å². The molecule has 2 nitrogen and oxygen atoms in total. The predicted octanol–water partition coefficient (Wildman–Crippen LogP) is 4.43. The number of amides is 1. The lowest BCUT2D eigenvalue weighted by molar-refractivity contribution is 0.102. The van der Waals surface area contributed by atoms with Crippen LogP contribution in [0.1, 0.15) is 15.9 Å². The van der Waals surface area contributed by atoms with Gasteiger partial charge >= 0.3 is 0 Å². The highest BCUT2D eigenvalue weighted by atomic mass is 79.9. The number of hydrogen-bond donors (Lipinski definition) is 1. The van der Waals surface area contributed by atoms with Gasteiger partial charge in [-0.3, -0.25) is 4.79 Å². The molecule has 104 valence electrons. The standard InChI is InChI=1S/C14H9BrF3NO/c1-7-2-3-9(15)8(6-7)14(20)19-11-5-4-10(16)12(17)13(11)18/h2-6H,1H3,(H,19,20). The zero-order valence-electron chi connectivity index (χ0n) is 10.3. The summed E-state index contributed by atoms with van der Waals surface area (Å²) >= 11 is 3.20. The van der Waals surface area contributed by atoms with Crippen LogP contribution in [0.25, 0.3) is 0 Å². The average Bonchev–Trinajstić information content (AvgIpc) is 2.42. The van der Waals surface area contributed by atoms with Crippen LogP contribution in [0.3, 0.4) is 0 Å². The van der Waals surface area contributed by atoms with Crippen molar-refractivity contribution in [3.05, 3.63) is 63.4 Å². The first-order valence-electron chi connectivity index (χ1n) is 5.61. The number of aryl methyl sites for hydroxylation is 1. The quantitative estimate of drug-likeness (QED) is 0.803. The monoisotopic (exact) mass is 343 g/mol. The number of anilines is 1. The van der Waals surface area contributed by atoms with Gasteiger partial charge in [0.05, 0.1) is 11.3 Å². The lowest BCUT2D eigenvalue weighted by atomic mass is 10.1. The van der Waals surface area contributed by atoms with Crippen LogP contribution in [0.5, 0.6) is 0 Å². The smallest absolute Gasteiger partial charge is 0.256 e. The van der Waals surface area contributed by atoms with E-state index in [-0.39, 0.29) is 5.56 Å². The van der Waals surface area contributed by atoms with Crippen molar-refractivity contribution in [2.75, 3.05) is 5.32 Å². The molecule has 2 aromatic rings. The summed E-state index contributed by atoms with van der Waals surface area (Å²) in [5.74, 6) is -4.98. The summed E-state index contributed by atoms with van der Waals surface area (Å²) in [5, 5.41) is 2.21. The minimum atomic E-state index is -1.62.